The maximum Gasteiger partial charge on any atom is 0.273 e. The number of rotatable bonds is 5. The highest BCUT2D eigenvalue weighted by atomic mass is 32.2. The van der Waals surface area contributed by atoms with Crippen LogP contribution < -0.4 is 0 Å². The smallest absolute Gasteiger partial charge is 0.273 e. The zero-order valence-electron chi connectivity index (χ0n) is 15.8. The number of hydrogen-bond donors (Lipinski definition) is 0. The SMILES string of the molecule is CC1(C)OC(C2=CCN(S(=O)(=O)Cc3ccccc3[N+](=O)[O-])C2)OC1(C)C. The van der Waals surface area contributed by atoms with Crippen molar-refractivity contribution in [3.63, 3.8) is 0 Å². The van der Waals surface area contributed by atoms with Crippen molar-refractivity contribution in [1.29, 1.82) is 0 Å². The van der Waals surface area contributed by atoms with Gasteiger partial charge in [0.05, 0.1) is 21.9 Å². The zero-order chi connectivity index (χ0) is 20.0. The van der Waals surface area contributed by atoms with Crippen molar-refractivity contribution in [1.82, 2.24) is 4.31 Å². The lowest BCUT2D eigenvalue weighted by Gasteiger charge is -2.30. The van der Waals surface area contributed by atoms with Gasteiger partial charge in [-0.25, -0.2) is 8.42 Å². The van der Waals surface area contributed by atoms with Gasteiger partial charge in [-0.2, -0.15) is 4.31 Å². The molecule has 0 saturated carbocycles. The molecule has 1 fully saturated rings. The Morgan fingerprint density at radius 1 is 1.19 bits per heavy atom. The van der Waals surface area contributed by atoms with Crippen LogP contribution in [-0.4, -0.2) is 48.2 Å². The maximum atomic E-state index is 12.8. The minimum atomic E-state index is -3.72. The summed E-state index contributed by atoms with van der Waals surface area (Å²) in [7, 11) is -3.72. The molecular weight excluding hydrogens is 372 g/mol. The van der Waals surface area contributed by atoms with Crippen molar-refractivity contribution in [3.05, 3.63) is 51.6 Å². The molecule has 0 aliphatic carbocycles. The first-order valence-corrected chi connectivity index (χ1v) is 10.3. The van der Waals surface area contributed by atoms with Crippen LogP contribution in [0.1, 0.15) is 33.3 Å². The number of ether oxygens (including phenoxy) is 2. The summed E-state index contributed by atoms with van der Waals surface area (Å²) in [6.07, 6.45) is 1.19. The lowest BCUT2D eigenvalue weighted by molar-refractivity contribution is -0.385. The van der Waals surface area contributed by atoms with Crippen molar-refractivity contribution >= 4 is 15.7 Å². The molecule has 148 valence electrons. The average Bonchev–Trinajstić information content (AvgIpc) is 3.11. The van der Waals surface area contributed by atoms with Crippen LogP contribution in [0.15, 0.2) is 35.9 Å². The Morgan fingerprint density at radius 3 is 2.37 bits per heavy atom. The Balaban J connectivity index is 1.72. The van der Waals surface area contributed by atoms with Gasteiger partial charge in [0.1, 0.15) is 0 Å². The predicted molar refractivity (Wildman–Crippen MR) is 99.5 cm³/mol. The predicted octanol–water partition coefficient (Wildman–Crippen LogP) is 2.60. The highest BCUT2D eigenvalue weighted by Crippen LogP contribution is 2.41. The summed E-state index contributed by atoms with van der Waals surface area (Å²) in [4.78, 5) is 10.6. The van der Waals surface area contributed by atoms with Crippen LogP contribution >= 0.6 is 0 Å². The number of nitro benzene ring substituents is 1. The number of nitro groups is 1. The zero-order valence-corrected chi connectivity index (χ0v) is 16.7. The van der Waals surface area contributed by atoms with E-state index in [0.29, 0.717) is 0 Å². The fourth-order valence-electron chi connectivity index (χ4n) is 3.03. The first-order valence-electron chi connectivity index (χ1n) is 8.68. The van der Waals surface area contributed by atoms with E-state index in [1.165, 1.54) is 22.5 Å². The van der Waals surface area contributed by atoms with Gasteiger partial charge in [-0.05, 0) is 33.3 Å². The Hall–Kier alpha value is -1.81. The quantitative estimate of drug-likeness (QED) is 0.431. The first-order chi connectivity index (χ1) is 12.4. The van der Waals surface area contributed by atoms with Gasteiger partial charge in [-0.1, -0.05) is 24.3 Å². The standard InChI is InChI=1S/C18H24N2O6S/c1-17(2)18(3,4)26-16(25-17)13-9-10-19(11-13)27(23,24)12-14-7-5-6-8-15(14)20(21)22/h5-9,16H,10-12H2,1-4H3. The topological polar surface area (TPSA) is 99.0 Å². The van der Waals surface area contributed by atoms with E-state index < -0.39 is 38.2 Å². The van der Waals surface area contributed by atoms with Gasteiger partial charge in [-0.3, -0.25) is 10.1 Å². The molecule has 2 heterocycles. The van der Waals surface area contributed by atoms with Crippen molar-refractivity contribution in [2.45, 2.75) is 50.9 Å². The maximum absolute atomic E-state index is 12.8. The summed E-state index contributed by atoms with van der Waals surface area (Å²) in [5, 5.41) is 11.1. The first kappa shape index (κ1) is 19.9. The van der Waals surface area contributed by atoms with Crippen LogP contribution in [0.5, 0.6) is 0 Å². The number of nitrogens with zero attached hydrogens (tertiary/aromatic N) is 2. The van der Waals surface area contributed by atoms with Crippen LogP contribution in [0.3, 0.4) is 0 Å². The summed E-state index contributed by atoms with van der Waals surface area (Å²) < 4.78 is 38.8. The van der Waals surface area contributed by atoms with Gasteiger partial charge in [0.25, 0.3) is 5.69 Å². The lowest BCUT2D eigenvalue weighted by Crippen LogP contribution is -2.41. The van der Waals surface area contributed by atoms with Crippen LogP contribution in [0.2, 0.25) is 0 Å². The summed E-state index contributed by atoms with van der Waals surface area (Å²) in [6.45, 7) is 8.09. The summed E-state index contributed by atoms with van der Waals surface area (Å²) in [5.41, 5.74) is -0.281. The minimum Gasteiger partial charge on any atom is -0.340 e. The molecule has 0 unspecified atom stereocenters. The van der Waals surface area contributed by atoms with E-state index in [4.69, 9.17) is 9.47 Å². The summed E-state index contributed by atoms with van der Waals surface area (Å²) >= 11 is 0. The molecular formula is C18H24N2O6S. The molecule has 0 amide bonds. The van der Waals surface area contributed by atoms with Gasteiger partial charge < -0.3 is 9.47 Å². The van der Waals surface area contributed by atoms with Crippen molar-refractivity contribution in [3.8, 4) is 0 Å². The molecule has 0 N–H and O–H groups in total. The largest absolute Gasteiger partial charge is 0.340 e. The molecule has 9 heteroatoms. The molecule has 8 nitrogen and oxygen atoms in total. The number of hydrogen-bond acceptors (Lipinski definition) is 6. The number of para-hydroxylation sites is 1. The highest BCUT2D eigenvalue weighted by molar-refractivity contribution is 7.88. The fourth-order valence-corrected chi connectivity index (χ4v) is 4.49. The van der Waals surface area contributed by atoms with Crippen molar-refractivity contribution in [2.75, 3.05) is 13.1 Å². The molecule has 0 radical (unpaired) electrons. The second-order valence-electron chi connectivity index (χ2n) is 7.80. The normalized spacial score (nSPS) is 22.7. The highest BCUT2D eigenvalue weighted by Gasteiger charge is 2.50. The molecule has 0 aromatic heterocycles. The Bertz CT molecular complexity index is 875. The van der Waals surface area contributed by atoms with E-state index in [0.717, 1.165) is 5.57 Å². The van der Waals surface area contributed by atoms with E-state index in [9.17, 15) is 18.5 Å². The molecule has 0 atom stereocenters. The number of sulfonamides is 1. The Kier molecular flexibility index (Phi) is 4.92. The van der Waals surface area contributed by atoms with Crippen LogP contribution in [0, 0.1) is 10.1 Å². The van der Waals surface area contributed by atoms with Gasteiger partial charge in [0.2, 0.25) is 10.0 Å². The minimum absolute atomic E-state index is 0.153. The Labute approximate surface area is 159 Å². The molecule has 27 heavy (non-hydrogen) atoms. The van der Waals surface area contributed by atoms with E-state index in [2.05, 4.69) is 0 Å². The third-order valence-corrected chi connectivity index (χ3v) is 7.13. The molecule has 2 aliphatic heterocycles. The van der Waals surface area contributed by atoms with Crippen LogP contribution in [0.25, 0.3) is 0 Å². The third-order valence-electron chi connectivity index (χ3n) is 5.39. The lowest BCUT2D eigenvalue weighted by atomic mass is 9.90. The van der Waals surface area contributed by atoms with E-state index in [1.807, 2.05) is 27.7 Å². The molecule has 1 aromatic carbocycles. The van der Waals surface area contributed by atoms with E-state index in [1.54, 1.807) is 12.1 Å². The van der Waals surface area contributed by atoms with Crippen LogP contribution in [0.4, 0.5) is 5.69 Å². The Morgan fingerprint density at radius 2 is 1.78 bits per heavy atom. The van der Waals surface area contributed by atoms with Crippen LogP contribution in [-0.2, 0) is 25.2 Å². The summed E-state index contributed by atoms with van der Waals surface area (Å²) in [5.74, 6) is -0.422. The average molecular weight is 396 g/mol. The molecule has 3 rings (SSSR count). The van der Waals surface area contributed by atoms with Gasteiger partial charge in [0.15, 0.2) is 6.29 Å². The number of benzene rings is 1. The molecule has 1 aromatic rings. The van der Waals surface area contributed by atoms with Crippen molar-refractivity contribution < 1.29 is 22.8 Å². The monoisotopic (exact) mass is 396 g/mol. The van der Waals surface area contributed by atoms with Gasteiger partial charge >= 0.3 is 0 Å². The summed E-state index contributed by atoms with van der Waals surface area (Å²) in [6, 6.07) is 5.88. The molecule has 1 saturated heterocycles. The van der Waals surface area contributed by atoms with Crippen molar-refractivity contribution in [2.24, 2.45) is 0 Å². The van der Waals surface area contributed by atoms with E-state index in [-0.39, 0.29) is 24.3 Å². The third kappa shape index (κ3) is 3.77. The van der Waals surface area contributed by atoms with Gasteiger partial charge in [-0.15, -0.1) is 0 Å². The second kappa shape index (κ2) is 6.66. The molecule has 2 aliphatic rings. The second-order valence-corrected chi connectivity index (χ2v) is 9.77. The molecule has 0 bridgehead atoms. The molecule has 0 spiro atoms. The van der Waals surface area contributed by atoms with Gasteiger partial charge in [0, 0.05) is 24.7 Å². The van der Waals surface area contributed by atoms with E-state index >= 15 is 0 Å². The fraction of sp³-hybridized carbons (Fsp3) is 0.556.